The van der Waals surface area contributed by atoms with Gasteiger partial charge in [0.2, 0.25) is 0 Å². The van der Waals surface area contributed by atoms with Crippen LogP contribution < -0.4 is 14.8 Å². The molecular weight excluding hydrogens is 468 g/mol. The molecule has 0 spiro atoms. The molecule has 0 aliphatic rings. The molecule has 3 aromatic rings. The lowest BCUT2D eigenvalue weighted by molar-refractivity contribution is -0.118. The first kappa shape index (κ1) is 21.9. The number of carbonyl (C=O) groups is 1. The van der Waals surface area contributed by atoms with Crippen LogP contribution in [0.4, 0.5) is 11.4 Å². The number of anilines is 2. The van der Waals surface area contributed by atoms with Gasteiger partial charge in [-0.15, -0.1) is 0 Å². The summed E-state index contributed by atoms with van der Waals surface area (Å²) >= 11 is 3.33. The summed E-state index contributed by atoms with van der Waals surface area (Å²) in [5, 5.41) is 2.72. The van der Waals surface area contributed by atoms with Crippen molar-refractivity contribution in [2.75, 3.05) is 16.6 Å². The van der Waals surface area contributed by atoms with Crippen LogP contribution in [0.5, 0.6) is 5.75 Å². The molecule has 30 heavy (non-hydrogen) atoms. The largest absolute Gasteiger partial charge is 0.484 e. The molecule has 0 unspecified atom stereocenters. The zero-order chi connectivity index (χ0) is 21.7. The van der Waals surface area contributed by atoms with Crippen LogP contribution in [0.25, 0.3) is 0 Å². The Balaban J connectivity index is 1.59. The molecule has 0 radical (unpaired) electrons. The van der Waals surface area contributed by atoms with Gasteiger partial charge in [0.05, 0.1) is 4.90 Å². The minimum absolute atomic E-state index is 0.105. The van der Waals surface area contributed by atoms with Gasteiger partial charge in [0, 0.05) is 15.8 Å². The van der Waals surface area contributed by atoms with E-state index in [2.05, 4.69) is 26.0 Å². The Labute approximate surface area is 184 Å². The average Bonchev–Trinajstić information content (AvgIpc) is 2.67. The van der Waals surface area contributed by atoms with E-state index in [4.69, 9.17) is 4.74 Å². The molecule has 0 aliphatic heterocycles. The first-order valence-corrected chi connectivity index (χ1v) is 11.4. The van der Waals surface area contributed by atoms with Crippen molar-refractivity contribution in [3.05, 3.63) is 82.3 Å². The summed E-state index contributed by atoms with van der Waals surface area (Å²) in [5.41, 5.74) is 3.11. The predicted octanol–water partition coefficient (Wildman–Crippen LogP) is 4.88. The van der Waals surface area contributed by atoms with Crippen molar-refractivity contribution in [3.63, 3.8) is 0 Å². The van der Waals surface area contributed by atoms with Crippen LogP contribution in [-0.2, 0) is 14.8 Å². The molecule has 6 nitrogen and oxygen atoms in total. The molecule has 0 aliphatic carbocycles. The predicted molar refractivity (Wildman–Crippen MR) is 121 cm³/mol. The molecule has 1 amide bonds. The third-order valence-corrected chi connectivity index (χ3v) is 6.03. The molecular formula is C22H21BrN2O4S. The first-order valence-electron chi connectivity index (χ1n) is 9.11. The van der Waals surface area contributed by atoms with Crippen LogP contribution in [0.2, 0.25) is 0 Å². The zero-order valence-electron chi connectivity index (χ0n) is 16.5. The normalized spacial score (nSPS) is 11.0. The highest BCUT2D eigenvalue weighted by atomic mass is 79.9. The van der Waals surface area contributed by atoms with Crippen LogP contribution >= 0.6 is 15.9 Å². The number of amides is 1. The number of carbonyl (C=O) groups excluding carboxylic acids is 1. The van der Waals surface area contributed by atoms with Gasteiger partial charge in [-0.05, 0) is 85.6 Å². The van der Waals surface area contributed by atoms with E-state index < -0.39 is 10.0 Å². The van der Waals surface area contributed by atoms with Gasteiger partial charge < -0.3 is 10.1 Å². The van der Waals surface area contributed by atoms with E-state index in [-0.39, 0.29) is 17.4 Å². The minimum Gasteiger partial charge on any atom is -0.484 e. The highest BCUT2D eigenvalue weighted by Crippen LogP contribution is 2.21. The summed E-state index contributed by atoms with van der Waals surface area (Å²) in [6.45, 7) is 3.62. The van der Waals surface area contributed by atoms with Gasteiger partial charge in [-0.25, -0.2) is 8.42 Å². The van der Waals surface area contributed by atoms with Crippen molar-refractivity contribution >= 4 is 43.2 Å². The molecule has 2 N–H and O–H groups in total. The molecule has 0 aromatic heterocycles. The van der Waals surface area contributed by atoms with Crippen LogP contribution in [0.15, 0.2) is 76.1 Å². The second-order valence-electron chi connectivity index (χ2n) is 6.80. The smallest absolute Gasteiger partial charge is 0.262 e. The highest BCUT2D eigenvalue weighted by Gasteiger charge is 2.15. The summed E-state index contributed by atoms with van der Waals surface area (Å²) in [5.74, 6) is 0.0804. The maximum absolute atomic E-state index is 12.6. The number of rotatable bonds is 7. The molecule has 3 rings (SSSR count). The molecule has 8 heteroatoms. The lowest BCUT2D eigenvalue weighted by Crippen LogP contribution is -2.20. The maximum atomic E-state index is 12.6. The number of halogens is 1. The number of hydrogen-bond acceptors (Lipinski definition) is 4. The number of hydrogen-bond donors (Lipinski definition) is 2. The van der Waals surface area contributed by atoms with Gasteiger partial charge in [0.15, 0.2) is 6.61 Å². The lowest BCUT2D eigenvalue weighted by atomic mass is 10.1. The molecule has 0 atom stereocenters. The number of nitrogens with one attached hydrogen (secondary N) is 2. The van der Waals surface area contributed by atoms with Crippen molar-refractivity contribution in [1.29, 1.82) is 0 Å². The standard InChI is InChI=1S/C22H21BrN2O4S/c1-15-11-16(2)13-19(12-15)25-30(27,28)21-9-7-20(8-10-21)29-14-22(26)24-18-5-3-17(23)4-6-18/h3-13,25H,14H2,1-2H3,(H,24,26). The fourth-order valence-corrected chi connectivity index (χ4v) is 4.15. The lowest BCUT2D eigenvalue weighted by Gasteiger charge is -2.11. The van der Waals surface area contributed by atoms with Crippen molar-refractivity contribution in [2.24, 2.45) is 0 Å². The molecule has 3 aromatic carbocycles. The van der Waals surface area contributed by atoms with Gasteiger partial charge in [0.1, 0.15) is 5.75 Å². The number of aryl methyl sites for hydroxylation is 2. The third-order valence-electron chi connectivity index (χ3n) is 4.11. The van der Waals surface area contributed by atoms with Crippen LogP contribution in [0, 0.1) is 13.8 Å². The number of ether oxygens (including phenoxy) is 1. The first-order chi connectivity index (χ1) is 14.2. The van der Waals surface area contributed by atoms with Crippen LogP contribution in [0.3, 0.4) is 0 Å². The molecule has 0 fully saturated rings. The van der Waals surface area contributed by atoms with Gasteiger partial charge in [-0.2, -0.15) is 0 Å². The van der Waals surface area contributed by atoms with Crippen LogP contribution in [0.1, 0.15) is 11.1 Å². The van der Waals surface area contributed by atoms with Gasteiger partial charge in [0.25, 0.3) is 15.9 Å². The van der Waals surface area contributed by atoms with Crippen molar-refractivity contribution in [2.45, 2.75) is 18.7 Å². The molecule has 0 bridgehead atoms. The monoisotopic (exact) mass is 488 g/mol. The number of benzene rings is 3. The van der Waals surface area contributed by atoms with E-state index in [9.17, 15) is 13.2 Å². The summed E-state index contributed by atoms with van der Waals surface area (Å²) < 4.78 is 34.2. The summed E-state index contributed by atoms with van der Waals surface area (Å²) in [6.07, 6.45) is 0. The fraction of sp³-hybridized carbons (Fsp3) is 0.136. The Morgan fingerprint density at radius 1 is 0.900 bits per heavy atom. The number of sulfonamides is 1. The van der Waals surface area contributed by atoms with E-state index in [1.165, 1.54) is 24.3 Å². The highest BCUT2D eigenvalue weighted by molar-refractivity contribution is 9.10. The minimum atomic E-state index is -3.73. The maximum Gasteiger partial charge on any atom is 0.262 e. The van der Waals surface area contributed by atoms with Gasteiger partial charge in [-0.1, -0.05) is 22.0 Å². The Morgan fingerprint density at radius 2 is 1.50 bits per heavy atom. The van der Waals surface area contributed by atoms with Gasteiger partial charge in [-0.3, -0.25) is 9.52 Å². The second-order valence-corrected chi connectivity index (χ2v) is 9.40. The zero-order valence-corrected chi connectivity index (χ0v) is 18.9. The van der Waals surface area contributed by atoms with E-state index in [1.807, 2.05) is 32.0 Å². The Bertz CT molecular complexity index is 1120. The van der Waals surface area contributed by atoms with Crippen LogP contribution in [-0.4, -0.2) is 20.9 Å². The molecule has 0 heterocycles. The Morgan fingerprint density at radius 3 is 2.10 bits per heavy atom. The van der Waals surface area contributed by atoms with Crippen molar-refractivity contribution in [3.8, 4) is 5.75 Å². The van der Waals surface area contributed by atoms with E-state index in [1.54, 1.807) is 24.3 Å². The summed E-state index contributed by atoms with van der Waals surface area (Å²) in [6, 6.07) is 18.6. The third kappa shape index (κ3) is 6.08. The Hall–Kier alpha value is -2.84. The molecule has 0 saturated carbocycles. The quantitative estimate of drug-likeness (QED) is 0.495. The van der Waals surface area contributed by atoms with E-state index in [0.29, 0.717) is 17.1 Å². The van der Waals surface area contributed by atoms with Gasteiger partial charge >= 0.3 is 0 Å². The van der Waals surface area contributed by atoms with Crippen molar-refractivity contribution in [1.82, 2.24) is 0 Å². The SMILES string of the molecule is Cc1cc(C)cc(NS(=O)(=O)c2ccc(OCC(=O)Nc3ccc(Br)cc3)cc2)c1. The summed E-state index contributed by atoms with van der Waals surface area (Å²) in [4.78, 5) is 12.1. The molecule has 0 saturated heterocycles. The topological polar surface area (TPSA) is 84.5 Å². The average molecular weight is 489 g/mol. The fourth-order valence-electron chi connectivity index (χ4n) is 2.84. The summed E-state index contributed by atoms with van der Waals surface area (Å²) in [7, 11) is -3.73. The Kier molecular flexibility index (Phi) is 6.79. The second kappa shape index (κ2) is 9.32. The van der Waals surface area contributed by atoms with E-state index in [0.717, 1.165) is 15.6 Å². The molecule has 156 valence electrons. The van der Waals surface area contributed by atoms with Crippen molar-refractivity contribution < 1.29 is 17.9 Å². The van der Waals surface area contributed by atoms with E-state index >= 15 is 0 Å².